The van der Waals surface area contributed by atoms with Gasteiger partial charge in [0.1, 0.15) is 11.8 Å². The van der Waals surface area contributed by atoms with Crippen LogP contribution in [0.5, 0.6) is 0 Å². The van der Waals surface area contributed by atoms with E-state index in [9.17, 15) is 0 Å². The molecular formula is C12H13BrN6. The summed E-state index contributed by atoms with van der Waals surface area (Å²) in [6.07, 6.45) is 1.40. The summed E-state index contributed by atoms with van der Waals surface area (Å²) in [6.45, 7) is 0.688. The number of halogens is 1. The largest absolute Gasteiger partial charge is 0.382 e. The van der Waals surface area contributed by atoms with Crippen LogP contribution in [0.1, 0.15) is 5.56 Å². The van der Waals surface area contributed by atoms with Gasteiger partial charge < -0.3 is 16.0 Å². The Morgan fingerprint density at radius 1 is 1.16 bits per heavy atom. The number of hydrogen-bond donors (Lipinski definition) is 3. The average Bonchev–Trinajstić information content (AvgIpc) is 2.82. The minimum absolute atomic E-state index is 0. The van der Waals surface area contributed by atoms with Gasteiger partial charge in [-0.05, 0) is 5.56 Å². The first-order chi connectivity index (χ1) is 8.83. The SMILES string of the molecule is Br.Nc1ncnc2nc(NCc3ccccc3)[nH]c12. The van der Waals surface area contributed by atoms with E-state index in [2.05, 4.69) is 25.3 Å². The number of nitrogen functional groups attached to an aromatic ring is 1. The molecule has 0 aliphatic rings. The molecule has 7 heteroatoms. The zero-order valence-electron chi connectivity index (χ0n) is 10.00. The predicted octanol–water partition coefficient (Wildman–Crippen LogP) is 2.13. The van der Waals surface area contributed by atoms with Crippen LogP contribution in [0.3, 0.4) is 0 Å². The van der Waals surface area contributed by atoms with Crippen molar-refractivity contribution in [1.29, 1.82) is 0 Å². The molecule has 3 rings (SSSR count). The van der Waals surface area contributed by atoms with Crippen molar-refractivity contribution in [3.8, 4) is 0 Å². The van der Waals surface area contributed by atoms with Gasteiger partial charge in [0.15, 0.2) is 11.5 Å². The molecule has 2 aromatic heterocycles. The maximum absolute atomic E-state index is 5.73. The highest BCUT2D eigenvalue weighted by Crippen LogP contribution is 2.16. The topological polar surface area (TPSA) is 92.5 Å². The zero-order valence-corrected chi connectivity index (χ0v) is 11.7. The van der Waals surface area contributed by atoms with Gasteiger partial charge in [0, 0.05) is 6.54 Å². The molecule has 3 aromatic rings. The number of benzene rings is 1. The highest BCUT2D eigenvalue weighted by atomic mass is 79.9. The van der Waals surface area contributed by atoms with Crippen molar-refractivity contribution >= 4 is 39.9 Å². The molecule has 4 N–H and O–H groups in total. The van der Waals surface area contributed by atoms with Crippen LogP contribution in [0, 0.1) is 0 Å². The van der Waals surface area contributed by atoms with Crippen LogP contribution in [0.15, 0.2) is 36.7 Å². The van der Waals surface area contributed by atoms with E-state index in [-0.39, 0.29) is 17.0 Å². The number of rotatable bonds is 3. The van der Waals surface area contributed by atoms with Crippen LogP contribution in [0.4, 0.5) is 11.8 Å². The number of nitrogens with two attached hydrogens (primary N) is 1. The first-order valence-corrected chi connectivity index (χ1v) is 5.57. The molecule has 0 aliphatic heterocycles. The molecule has 0 bridgehead atoms. The van der Waals surface area contributed by atoms with Crippen molar-refractivity contribution in [2.24, 2.45) is 0 Å². The summed E-state index contributed by atoms with van der Waals surface area (Å²) in [6, 6.07) is 10.1. The van der Waals surface area contributed by atoms with Crippen molar-refractivity contribution in [3.63, 3.8) is 0 Å². The number of hydrogen-bond acceptors (Lipinski definition) is 5. The molecule has 2 heterocycles. The minimum atomic E-state index is 0. The third-order valence-corrected chi connectivity index (χ3v) is 2.62. The summed E-state index contributed by atoms with van der Waals surface area (Å²) in [5, 5.41) is 3.19. The van der Waals surface area contributed by atoms with E-state index >= 15 is 0 Å². The normalized spacial score (nSPS) is 10.1. The van der Waals surface area contributed by atoms with Gasteiger partial charge >= 0.3 is 0 Å². The Hall–Kier alpha value is -2.15. The maximum atomic E-state index is 5.73. The first-order valence-electron chi connectivity index (χ1n) is 5.57. The molecule has 0 spiro atoms. The van der Waals surface area contributed by atoms with Crippen LogP contribution >= 0.6 is 17.0 Å². The molecule has 0 radical (unpaired) electrons. The number of nitrogens with one attached hydrogen (secondary N) is 2. The fourth-order valence-electron chi connectivity index (χ4n) is 1.71. The second-order valence-electron chi connectivity index (χ2n) is 3.88. The van der Waals surface area contributed by atoms with Gasteiger partial charge in [0.05, 0.1) is 0 Å². The molecule has 1 aromatic carbocycles. The van der Waals surface area contributed by atoms with E-state index in [1.54, 1.807) is 0 Å². The second kappa shape index (κ2) is 5.66. The summed E-state index contributed by atoms with van der Waals surface area (Å²) >= 11 is 0. The number of aromatic nitrogens is 4. The van der Waals surface area contributed by atoms with Crippen LogP contribution in [0.25, 0.3) is 11.2 Å². The van der Waals surface area contributed by atoms with Gasteiger partial charge in [-0.3, -0.25) is 0 Å². The van der Waals surface area contributed by atoms with Crippen LogP contribution in [0.2, 0.25) is 0 Å². The highest BCUT2D eigenvalue weighted by Gasteiger charge is 2.06. The summed E-state index contributed by atoms with van der Waals surface area (Å²) in [5.74, 6) is 1.04. The third-order valence-electron chi connectivity index (χ3n) is 2.62. The summed E-state index contributed by atoms with van der Waals surface area (Å²) in [4.78, 5) is 15.3. The smallest absolute Gasteiger partial charge is 0.203 e. The Bertz CT molecular complexity index is 666. The lowest BCUT2D eigenvalue weighted by molar-refractivity contribution is 1.10. The van der Waals surface area contributed by atoms with Crippen LogP contribution in [-0.4, -0.2) is 19.9 Å². The first kappa shape index (κ1) is 13.3. The van der Waals surface area contributed by atoms with Gasteiger partial charge in [-0.25, -0.2) is 9.97 Å². The van der Waals surface area contributed by atoms with Crippen LogP contribution < -0.4 is 11.1 Å². The van der Waals surface area contributed by atoms with Crippen molar-refractivity contribution in [2.45, 2.75) is 6.54 Å². The molecule has 6 nitrogen and oxygen atoms in total. The lowest BCUT2D eigenvalue weighted by atomic mass is 10.2. The monoisotopic (exact) mass is 320 g/mol. The van der Waals surface area contributed by atoms with Gasteiger partial charge in [0.2, 0.25) is 5.95 Å². The van der Waals surface area contributed by atoms with E-state index in [0.29, 0.717) is 29.5 Å². The van der Waals surface area contributed by atoms with Crippen molar-refractivity contribution in [2.75, 3.05) is 11.1 Å². The van der Waals surface area contributed by atoms with Crippen LogP contribution in [-0.2, 0) is 6.54 Å². The van der Waals surface area contributed by atoms with Gasteiger partial charge in [0.25, 0.3) is 0 Å². The number of H-pyrrole nitrogens is 1. The summed E-state index contributed by atoms with van der Waals surface area (Å²) in [7, 11) is 0. The predicted molar refractivity (Wildman–Crippen MR) is 80.2 cm³/mol. The molecule has 0 fully saturated rings. The van der Waals surface area contributed by atoms with E-state index in [1.807, 2.05) is 30.3 Å². The molecule has 98 valence electrons. The fraction of sp³-hybridized carbons (Fsp3) is 0.0833. The number of imidazole rings is 1. The Morgan fingerprint density at radius 3 is 2.68 bits per heavy atom. The molecule has 0 saturated carbocycles. The number of anilines is 2. The molecule has 0 saturated heterocycles. The van der Waals surface area contributed by atoms with E-state index in [4.69, 9.17) is 5.73 Å². The molecule has 0 aliphatic carbocycles. The Labute approximate surface area is 120 Å². The standard InChI is InChI=1S/C12H12N6.BrH/c13-10-9-11(16-7-15-10)18-12(17-9)14-6-8-4-2-1-3-5-8;/h1-5,7H,6H2,(H4,13,14,15,16,17,18);1H. The van der Waals surface area contributed by atoms with Gasteiger partial charge in [-0.2, -0.15) is 4.98 Å². The number of aromatic amines is 1. The van der Waals surface area contributed by atoms with E-state index < -0.39 is 0 Å². The Kier molecular flexibility index (Phi) is 3.96. The molecule has 0 atom stereocenters. The number of fused-ring (bicyclic) bond motifs is 1. The van der Waals surface area contributed by atoms with E-state index in [1.165, 1.54) is 11.9 Å². The van der Waals surface area contributed by atoms with Crippen molar-refractivity contribution in [3.05, 3.63) is 42.2 Å². The third kappa shape index (κ3) is 2.82. The Balaban J connectivity index is 0.00000133. The van der Waals surface area contributed by atoms with Gasteiger partial charge in [-0.15, -0.1) is 17.0 Å². The zero-order chi connectivity index (χ0) is 12.4. The fourth-order valence-corrected chi connectivity index (χ4v) is 1.71. The molecule has 0 unspecified atom stereocenters. The molecular weight excluding hydrogens is 308 g/mol. The van der Waals surface area contributed by atoms with Gasteiger partial charge in [-0.1, -0.05) is 30.3 Å². The highest BCUT2D eigenvalue weighted by molar-refractivity contribution is 8.93. The Morgan fingerprint density at radius 2 is 1.95 bits per heavy atom. The van der Waals surface area contributed by atoms with Crippen molar-refractivity contribution < 1.29 is 0 Å². The minimum Gasteiger partial charge on any atom is -0.382 e. The lowest BCUT2D eigenvalue weighted by Gasteiger charge is -2.01. The molecule has 0 amide bonds. The second-order valence-corrected chi connectivity index (χ2v) is 3.88. The summed E-state index contributed by atoms with van der Waals surface area (Å²) in [5.41, 5.74) is 8.13. The van der Waals surface area contributed by atoms with E-state index in [0.717, 1.165) is 0 Å². The average molecular weight is 321 g/mol. The molecule has 19 heavy (non-hydrogen) atoms. The summed E-state index contributed by atoms with van der Waals surface area (Å²) < 4.78 is 0. The maximum Gasteiger partial charge on any atom is 0.203 e. The quantitative estimate of drug-likeness (QED) is 0.687. The lowest BCUT2D eigenvalue weighted by Crippen LogP contribution is -2.00. The number of nitrogens with zero attached hydrogens (tertiary/aromatic N) is 3. The van der Waals surface area contributed by atoms with Crippen molar-refractivity contribution in [1.82, 2.24) is 19.9 Å².